The Morgan fingerprint density at radius 3 is 2.43 bits per heavy atom. The highest BCUT2D eigenvalue weighted by atomic mass is 19.1. The number of nitrogens with one attached hydrogen (secondary N) is 1. The van der Waals surface area contributed by atoms with E-state index < -0.39 is 23.5 Å². The fraction of sp³-hybridized carbons (Fsp3) is 0.400. The van der Waals surface area contributed by atoms with Crippen LogP contribution < -0.4 is 5.32 Å². The second kappa shape index (κ2) is 6.76. The normalized spacial score (nSPS) is 12.6. The van der Waals surface area contributed by atoms with Crippen LogP contribution in [-0.2, 0) is 13.5 Å². The van der Waals surface area contributed by atoms with E-state index in [1.807, 2.05) is 20.0 Å². The minimum atomic E-state index is -0.907. The Labute approximate surface area is 121 Å². The number of hydrogen-bond acceptors (Lipinski definition) is 2. The average molecular weight is 297 g/mol. The van der Waals surface area contributed by atoms with E-state index in [0.717, 1.165) is 5.69 Å². The second-order valence-corrected chi connectivity index (χ2v) is 4.88. The van der Waals surface area contributed by atoms with Gasteiger partial charge in [-0.15, -0.1) is 0 Å². The first-order valence-corrected chi connectivity index (χ1v) is 6.87. The highest BCUT2D eigenvalue weighted by molar-refractivity contribution is 5.24. The van der Waals surface area contributed by atoms with Gasteiger partial charge in [0.15, 0.2) is 0 Å². The Kier molecular flexibility index (Phi) is 5.01. The van der Waals surface area contributed by atoms with Gasteiger partial charge in [0.1, 0.15) is 17.5 Å². The van der Waals surface area contributed by atoms with Gasteiger partial charge in [0.2, 0.25) is 0 Å². The molecule has 1 heterocycles. The van der Waals surface area contributed by atoms with E-state index in [9.17, 15) is 13.2 Å². The molecule has 0 fully saturated rings. The number of nitrogens with zero attached hydrogens (tertiary/aromatic N) is 2. The van der Waals surface area contributed by atoms with Crippen molar-refractivity contribution < 1.29 is 13.2 Å². The molecule has 0 amide bonds. The SMILES string of the molecule is CCNC(CCc1ccnn1C)c1c(F)cc(F)cc1F. The molecule has 21 heavy (non-hydrogen) atoms. The zero-order valence-electron chi connectivity index (χ0n) is 12.0. The molecule has 1 N–H and O–H groups in total. The lowest BCUT2D eigenvalue weighted by atomic mass is 9.99. The quantitative estimate of drug-likeness (QED) is 0.888. The van der Waals surface area contributed by atoms with Crippen LogP contribution in [0.25, 0.3) is 0 Å². The van der Waals surface area contributed by atoms with Crippen molar-refractivity contribution >= 4 is 0 Å². The molecule has 0 bridgehead atoms. The topological polar surface area (TPSA) is 29.9 Å². The summed E-state index contributed by atoms with van der Waals surface area (Å²) < 4.78 is 42.5. The van der Waals surface area contributed by atoms with Crippen LogP contribution in [0.2, 0.25) is 0 Å². The summed E-state index contributed by atoms with van der Waals surface area (Å²) in [5.74, 6) is -2.62. The Morgan fingerprint density at radius 1 is 1.24 bits per heavy atom. The van der Waals surface area contributed by atoms with Gasteiger partial charge in [-0.2, -0.15) is 5.10 Å². The standard InChI is InChI=1S/C15H18F3N3/c1-3-19-14(5-4-11-6-7-20-21(11)2)15-12(17)8-10(16)9-13(15)18/h6-9,14,19H,3-5H2,1-2H3. The fourth-order valence-corrected chi connectivity index (χ4v) is 2.42. The molecule has 0 saturated carbocycles. The third kappa shape index (κ3) is 3.64. The molecule has 0 aliphatic carbocycles. The highest BCUT2D eigenvalue weighted by Crippen LogP contribution is 2.25. The van der Waals surface area contributed by atoms with Crippen LogP contribution in [0.5, 0.6) is 0 Å². The maximum atomic E-state index is 13.9. The maximum Gasteiger partial charge on any atom is 0.133 e. The minimum absolute atomic E-state index is 0.111. The van der Waals surface area contributed by atoms with Crippen molar-refractivity contribution in [3.63, 3.8) is 0 Å². The van der Waals surface area contributed by atoms with Gasteiger partial charge in [0.05, 0.1) is 0 Å². The molecular weight excluding hydrogens is 279 g/mol. The molecule has 0 aliphatic rings. The molecular formula is C15H18F3N3. The van der Waals surface area contributed by atoms with Gasteiger partial charge in [-0.3, -0.25) is 4.68 Å². The number of aromatic nitrogens is 2. The smallest absolute Gasteiger partial charge is 0.133 e. The number of halogens is 3. The van der Waals surface area contributed by atoms with Gasteiger partial charge in [-0.25, -0.2) is 13.2 Å². The summed E-state index contributed by atoms with van der Waals surface area (Å²) in [5.41, 5.74) is 0.862. The van der Waals surface area contributed by atoms with Gasteiger partial charge in [-0.05, 0) is 25.5 Å². The number of rotatable bonds is 6. The van der Waals surface area contributed by atoms with E-state index in [1.54, 1.807) is 10.9 Å². The molecule has 3 nitrogen and oxygen atoms in total. The van der Waals surface area contributed by atoms with Crippen LogP contribution >= 0.6 is 0 Å². The van der Waals surface area contributed by atoms with Gasteiger partial charge in [0, 0.05) is 42.7 Å². The molecule has 2 rings (SSSR count). The first kappa shape index (κ1) is 15.6. The van der Waals surface area contributed by atoms with Crippen molar-refractivity contribution in [2.45, 2.75) is 25.8 Å². The van der Waals surface area contributed by atoms with Gasteiger partial charge in [-0.1, -0.05) is 6.92 Å². The Hall–Kier alpha value is -1.82. The predicted octanol–water partition coefficient (Wildman–Crippen LogP) is 3.12. The van der Waals surface area contributed by atoms with Crippen LogP contribution in [0, 0.1) is 17.5 Å². The molecule has 0 spiro atoms. The predicted molar refractivity (Wildman–Crippen MR) is 74.3 cm³/mol. The van der Waals surface area contributed by atoms with E-state index in [4.69, 9.17) is 0 Å². The van der Waals surface area contributed by atoms with Crippen LogP contribution in [0.1, 0.15) is 30.6 Å². The van der Waals surface area contributed by atoms with E-state index in [-0.39, 0.29) is 5.56 Å². The van der Waals surface area contributed by atoms with E-state index in [1.165, 1.54) is 0 Å². The summed E-state index contributed by atoms with van der Waals surface area (Å²) in [6.07, 6.45) is 2.79. The Bertz CT molecular complexity index is 587. The van der Waals surface area contributed by atoms with E-state index >= 15 is 0 Å². The second-order valence-electron chi connectivity index (χ2n) is 4.88. The van der Waals surface area contributed by atoms with Crippen molar-refractivity contribution in [1.82, 2.24) is 15.1 Å². The summed E-state index contributed by atoms with van der Waals surface area (Å²) >= 11 is 0. The van der Waals surface area contributed by atoms with Gasteiger partial charge in [0.25, 0.3) is 0 Å². The van der Waals surface area contributed by atoms with Crippen LogP contribution in [-0.4, -0.2) is 16.3 Å². The molecule has 0 aliphatic heterocycles. The highest BCUT2D eigenvalue weighted by Gasteiger charge is 2.21. The molecule has 1 aromatic heterocycles. The number of benzene rings is 1. The van der Waals surface area contributed by atoms with Crippen LogP contribution in [0.3, 0.4) is 0 Å². The van der Waals surface area contributed by atoms with E-state index in [0.29, 0.717) is 31.5 Å². The molecule has 2 aromatic rings. The zero-order valence-corrected chi connectivity index (χ0v) is 12.0. The molecule has 1 unspecified atom stereocenters. The summed E-state index contributed by atoms with van der Waals surface area (Å²) in [6, 6.07) is 2.78. The molecule has 6 heteroatoms. The average Bonchev–Trinajstić information content (AvgIpc) is 2.80. The lowest BCUT2D eigenvalue weighted by Crippen LogP contribution is -2.24. The van der Waals surface area contributed by atoms with E-state index in [2.05, 4.69) is 10.4 Å². The molecule has 0 radical (unpaired) electrons. The lowest BCUT2D eigenvalue weighted by Gasteiger charge is -2.19. The summed E-state index contributed by atoms with van der Waals surface area (Å²) in [7, 11) is 1.82. The first-order valence-electron chi connectivity index (χ1n) is 6.87. The molecule has 114 valence electrons. The number of hydrogen-bond donors (Lipinski definition) is 1. The summed E-state index contributed by atoms with van der Waals surface area (Å²) in [5, 5.41) is 7.11. The van der Waals surface area contributed by atoms with Gasteiger partial charge >= 0.3 is 0 Å². The largest absolute Gasteiger partial charge is 0.310 e. The minimum Gasteiger partial charge on any atom is -0.310 e. The fourth-order valence-electron chi connectivity index (χ4n) is 2.42. The van der Waals surface area contributed by atoms with Gasteiger partial charge < -0.3 is 5.32 Å². The maximum absolute atomic E-state index is 13.9. The molecule has 0 saturated heterocycles. The lowest BCUT2D eigenvalue weighted by molar-refractivity contribution is 0.443. The first-order chi connectivity index (χ1) is 10.0. The van der Waals surface area contributed by atoms with Crippen molar-refractivity contribution in [2.75, 3.05) is 6.54 Å². The van der Waals surface area contributed by atoms with Crippen LogP contribution in [0.15, 0.2) is 24.4 Å². The third-order valence-corrected chi connectivity index (χ3v) is 3.45. The summed E-state index contributed by atoms with van der Waals surface area (Å²) in [6.45, 7) is 2.42. The zero-order chi connectivity index (χ0) is 15.4. The van der Waals surface area contributed by atoms with Crippen molar-refractivity contribution in [3.8, 4) is 0 Å². The van der Waals surface area contributed by atoms with Crippen molar-refractivity contribution in [3.05, 3.63) is 53.1 Å². The Morgan fingerprint density at radius 2 is 1.90 bits per heavy atom. The van der Waals surface area contributed by atoms with Crippen molar-refractivity contribution in [1.29, 1.82) is 0 Å². The molecule has 1 aromatic carbocycles. The van der Waals surface area contributed by atoms with Crippen LogP contribution in [0.4, 0.5) is 13.2 Å². The molecule has 1 atom stereocenters. The summed E-state index contributed by atoms with van der Waals surface area (Å²) in [4.78, 5) is 0. The number of aryl methyl sites for hydroxylation is 2. The monoisotopic (exact) mass is 297 g/mol. The van der Waals surface area contributed by atoms with Crippen molar-refractivity contribution in [2.24, 2.45) is 7.05 Å². The Balaban J connectivity index is 2.21. The third-order valence-electron chi connectivity index (χ3n) is 3.45.